The second-order valence-corrected chi connectivity index (χ2v) is 6.96. The molecule has 0 unspecified atom stereocenters. The number of nitro benzene ring substituents is 1. The van der Waals surface area contributed by atoms with E-state index in [0.717, 1.165) is 32.1 Å². The topological polar surface area (TPSA) is 106 Å². The molecule has 144 valence electrons. The van der Waals surface area contributed by atoms with Crippen LogP contribution in [0.1, 0.15) is 37.9 Å². The molecule has 2 heterocycles. The molecule has 1 saturated heterocycles. The summed E-state index contributed by atoms with van der Waals surface area (Å²) in [6.07, 6.45) is 6.39. The Morgan fingerprint density at radius 2 is 1.79 bits per heavy atom. The van der Waals surface area contributed by atoms with Gasteiger partial charge < -0.3 is 9.73 Å². The maximum Gasteiger partial charge on any atom is 0.329 e. The third-order valence-electron chi connectivity index (χ3n) is 5.13. The van der Waals surface area contributed by atoms with E-state index in [1.54, 1.807) is 24.3 Å². The highest BCUT2D eigenvalue weighted by molar-refractivity contribution is 6.14. The van der Waals surface area contributed by atoms with E-state index in [0.29, 0.717) is 17.1 Å². The predicted octanol–water partition coefficient (Wildman–Crippen LogP) is 4.08. The second kappa shape index (κ2) is 7.30. The number of imide groups is 1. The van der Waals surface area contributed by atoms with Crippen LogP contribution in [0, 0.1) is 10.1 Å². The Morgan fingerprint density at radius 3 is 2.46 bits per heavy atom. The van der Waals surface area contributed by atoms with Gasteiger partial charge in [-0.15, -0.1) is 0 Å². The smallest absolute Gasteiger partial charge is 0.329 e. The Bertz CT molecular complexity index is 954. The number of carbonyl (C=O) groups excluding carboxylic acids is 2. The summed E-state index contributed by atoms with van der Waals surface area (Å²) in [7, 11) is 0. The van der Waals surface area contributed by atoms with Crippen molar-refractivity contribution < 1.29 is 18.9 Å². The van der Waals surface area contributed by atoms with Crippen LogP contribution in [0.15, 0.2) is 46.5 Å². The van der Waals surface area contributed by atoms with E-state index in [4.69, 9.17) is 4.42 Å². The largest absolute Gasteiger partial charge is 0.457 e. The molecule has 1 saturated carbocycles. The van der Waals surface area contributed by atoms with Gasteiger partial charge in [0.15, 0.2) is 0 Å². The number of benzene rings is 1. The lowest BCUT2D eigenvalue weighted by Gasteiger charge is -2.28. The molecule has 8 nitrogen and oxygen atoms in total. The van der Waals surface area contributed by atoms with E-state index in [1.165, 1.54) is 23.1 Å². The Labute approximate surface area is 161 Å². The molecular formula is C20H19N3O5. The highest BCUT2D eigenvalue weighted by atomic mass is 16.6. The van der Waals surface area contributed by atoms with Crippen molar-refractivity contribution in [3.63, 3.8) is 0 Å². The Hall–Kier alpha value is -3.42. The monoisotopic (exact) mass is 381 g/mol. The van der Waals surface area contributed by atoms with E-state index in [1.807, 2.05) is 0 Å². The first-order valence-corrected chi connectivity index (χ1v) is 9.24. The minimum Gasteiger partial charge on any atom is -0.457 e. The molecule has 28 heavy (non-hydrogen) atoms. The molecule has 1 aliphatic carbocycles. The van der Waals surface area contributed by atoms with Gasteiger partial charge in [0.05, 0.1) is 4.92 Å². The normalized spacial score (nSPS) is 19.3. The Kier molecular flexibility index (Phi) is 4.68. The average molecular weight is 381 g/mol. The highest BCUT2D eigenvalue weighted by Crippen LogP contribution is 2.28. The summed E-state index contributed by atoms with van der Waals surface area (Å²) in [5, 5.41) is 13.4. The summed E-state index contributed by atoms with van der Waals surface area (Å²) in [5.74, 6) is 0.607. The number of nitrogens with zero attached hydrogens (tertiary/aromatic N) is 2. The number of amides is 3. The molecule has 1 aromatic carbocycles. The first kappa shape index (κ1) is 18.0. The molecule has 0 bridgehead atoms. The molecule has 1 N–H and O–H groups in total. The first-order chi connectivity index (χ1) is 13.5. The van der Waals surface area contributed by atoms with Gasteiger partial charge in [0.1, 0.15) is 17.2 Å². The Morgan fingerprint density at radius 1 is 1.07 bits per heavy atom. The number of hydrogen-bond acceptors (Lipinski definition) is 5. The van der Waals surface area contributed by atoms with Gasteiger partial charge in [-0.3, -0.25) is 19.8 Å². The lowest BCUT2D eigenvalue weighted by Crippen LogP contribution is -2.41. The van der Waals surface area contributed by atoms with Gasteiger partial charge in [-0.1, -0.05) is 19.3 Å². The van der Waals surface area contributed by atoms with Crippen molar-refractivity contribution in [1.29, 1.82) is 0 Å². The van der Waals surface area contributed by atoms with Crippen LogP contribution in [0.4, 0.5) is 10.5 Å². The number of rotatable bonds is 4. The van der Waals surface area contributed by atoms with Gasteiger partial charge in [0, 0.05) is 29.8 Å². The van der Waals surface area contributed by atoms with Crippen molar-refractivity contribution in [2.45, 2.75) is 38.1 Å². The van der Waals surface area contributed by atoms with Crippen molar-refractivity contribution in [2.75, 3.05) is 0 Å². The van der Waals surface area contributed by atoms with Gasteiger partial charge in [-0.2, -0.15) is 0 Å². The van der Waals surface area contributed by atoms with Crippen LogP contribution in [0.25, 0.3) is 17.4 Å². The number of nitrogens with one attached hydrogen (secondary N) is 1. The molecule has 3 amide bonds. The van der Waals surface area contributed by atoms with Crippen LogP contribution in [0.5, 0.6) is 0 Å². The highest BCUT2D eigenvalue weighted by Gasteiger charge is 2.39. The standard InChI is InChI=1S/C20H19N3O5/c24-19-17(21-20(25)22(19)14-4-2-1-3-5-14)12-16-10-11-18(28-16)13-6-8-15(9-7-13)23(26)27/h6-12,14H,1-5H2,(H,21,25)/b17-12-. The molecule has 0 spiro atoms. The SMILES string of the molecule is O=C1N/C(=C\c2ccc(-c3ccc([N+](=O)[O-])cc3)o2)C(=O)N1C1CCCCC1. The molecule has 1 aliphatic heterocycles. The molecule has 2 fully saturated rings. The zero-order valence-electron chi connectivity index (χ0n) is 15.1. The minimum absolute atomic E-state index is 0.000263. The van der Waals surface area contributed by atoms with E-state index >= 15 is 0 Å². The third kappa shape index (κ3) is 3.40. The number of non-ortho nitro benzene ring substituents is 1. The molecule has 1 aromatic heterocycles. The molecule has 4 rings (SSSR count). The van der Waals surface area contributed by atoms with Crippen LogP contribution in [0.3, 0.4) is 0 Å². The third-order valence-corrected chi connectivity index (χ3v) is 5.13. The van der Waals surface area contributed by atoms with Crippen molar-refractivity contribution in [1.82, 2.24) is 10.2 Å². The fourth-order valence-corrected chi connectivity index (χ4v) is 3.69. The van der Waals surface area contributed by atoms with Crippen LogP contribution in [-0.2, 0) is 4.79 Å². The molecule has 8 heteroatoms. The second-order valence-electron chi connectivity index (χ2n) is 6.96. The molecule has 0 radical (unpaired) electrons. The number of urea groups is 1. The van der Waals surface area contributed by atoms with E-state index < -0.39 is 4.92 Å². The number of hydrogen-bond donors (Lipinski definition) is 1. The van der Waals surface area contributed by atoms with E-state index in [-0.39, 0.29) is 29.4 Å². The summed E-state index contributed by atoms with van der Waals surface area (Å²) in [6, 6.07) is 8.98. The van der Waals surface area contributed by atoms with Gasteiger partial charge in [0.25, 0.3) is 11.6 Å². The summed E-state index contributed by atoms with van der Waals surface area (Å²) < 4.78 is 5.73. The summed E-state index contributed by atoms with van der Waals surface area (Å²) >= 11 is 0. The zero-order valence-corrected chi connectivity index (χ0v) is 15.1. The van der Waals surface area contributed by atoms with Gasteiger partial charge in [-0.25, -0.2) is 4.79 Å². The maximum atomic E-state index is 12.7. The zero-order chi connectivity index (χ0) is 19.7. The Balaban J connectivity index is 1.52. The lowest BCUT2D eigenvalue weighted by molar-refractivity contribution is -0.384. The summed E-state index contributed by atoms with van der Waals surface area (Å²) in [6.45, 7) is 0. The van der Waals surface area contributed by atoms with Crippen LogP contribution >= 0.6 is 0 Å². The van der Waals surface area contributed by atoms with Gasteiger partial charge in [-0.05, 0) is 37.1 Å². The van der Waals surface area contributed by atoms with Gasteiger partial charge >= 0.3 is 6.03 Å². The van der Waals surface area contributed by atoms with E-state index in [9.17, 15) is 19.7 Å². The first-order valence-electron chi connectivity index (χ1n) is 9.24. The van der Waals surface area contributed by atoms with Crippen molar-refractivity contribution in [2.24, 2.45) is 0 Å². The number of carbonyl (C=O) groups is 2. The molecular weight excluding hydrogens is 362 g/mol. The predicted molar refractivity (Wildman–Crippen MR) is 101 cm³/mol. The number of furan rings is 1. The van der Waals surface area contributed by atoms with Crippen molar-refractivity contribution in [3.8, 4) is 11.3 Å². The maximum absolute atomic E-state index is 12.7. The molecule has 2 aromatic rings. The lowest BCUT2D eigenvalue weighted by atomic mass is 9.94. The molecule has 0 atom stereocenters. The van der Waals surface area contributed by atoms with Crippen LogP contribution in [0.2, 0.25) is 0 Å². The van der Waals surface area contributed by atoms with Gasteiger partial charge in [0.2, 0.25) is 0 Å². The van der Waals surface area contributed by atoms with Crippen molar-refractivity contribution in [3.05, 3.63) is 58.0 Å². The summed E-state index contributed by atoms with van der Waals surface area (Å²) in [5.41, 5.74) is 0.876. The van der Waals surface area contributed by atoms with Crippen molar-refractivity contribution >= 4 is 23.7 Å². The minimum atomic E-state index is -0.464. The molecule has 2 aliphatic rings. The fourth-order valence-electron chi connectivity index (χ4n) is 3.69. The number of nitro groups is 1. The quantitative estimate of drug-likeness (QED) is 0.372. The van der Waals surface area contributed by atoms with Crippen LogP contribution in [-0.4, -0.2) is 27.8 Å². The summed E-state index contributed by atoms with van der Waals surface area (Å²) in [4.78, 5) is 36.5. The average Bonchev–Trinajstić information content (AvgIpc) is 3.27. The fraction of sp³-hybridized carbons (Fsp3) is 0.300. The van der Waals surface area contributed by atoms with Crippen LogP contribution < -0.4 is 5.32 Å². The van der Waals surface area contributed by atoms with E-state index in [2.05, 4.69) is 5.32 Å².